The quantitative estimate of drug-likeness (QED) is 0.619. The maximum Gasteiger partial charge on any atom is 0.0858 e. The number of hydrogen-bond donors (Lipinski definition) is 0. The Labute approximate surface area is 136 Å². The van der Waals surface area contributed by atoms with Gasteiger partial charge in [0.05, 0.1) is 17.1 Å². The van der Waals surface area contributed by atoms with Crippen LogP contribution in [0, 0.1) is 0 Å². The highest BCUT2D eigenvalue weighted by Crippen LogP contribution is 2.23. The van der Waals surface area contributed by atoms with Crippen molar-refractivity contribution in [3.8, 4) is 11.3 Å². The summed E-state index contributed by atoms with van der Waals surface area (Å²) < 4.78 is 0. The largest absolute Gasteiger partial charge is 0.378 e. The first-order valence-corrected chi connectivity index (χ1v) is 7.43. The average molecular weight is 302 g/mol. The number of pyridine rings is 1. The zero-order valence-corrected chi connectivity index (χ0v) is 13.2. The molecule has 2 aromatic carbocycles. The van der Waals surface area contributed by atoms with Crippen LogP contribution >= 0.6 is 0 Å². The lowest BCUT2D eigenvalue weighted by Gasteiger charge is -2.11. The number of nitrogens with zero attached hydrogens (tertiary/aromatic N) is 4. The lowest BCUT2D eigenvalue weighted by atomic mass is 10.1. The van der Waals surface area contributed by atoms with Gasteiger partial charge < -0.3 is 4.90 Å². The van der Waals surface area contributed by atoms with Crippen molar-refractivity contribution >= 4 is 17.1 Å². The average Bonchev–Trinajstić information content (AvgIpc) is 2.61. The Kier molecular flexibility index (Phi) is 4.43. The molecule has 0 fully saturated rings. The second kappa shape index (κ2) is 6.83. The fourth-order valence-corrected chi connectivity index (χ4v) is 2.17. The minimum Gasteiger partial charge on any atom is -0.378 e. The van der Waals surface area contributed by atoms with Crippen molar-refractivity contribution in [1.29, 1.82) is 0 Å². The molecule has 0 bridgehead atoms. The Bertz CT molecular complexity index is 776. The van der Waals surface area contributed by atoms with E-state index < -0.39 is 0 Å². The van der Waals surface area contributed by atoms with Gasteiger partial charge in [0.25, 0.3) is 0 Å². The van der Waals surface area contributed by atoms with Crippen molar-refractivity contribution in [2.24, 2.45) is 10.2 Å². The molecular formula is C19H18N4. The van der Waals surface area contributed by atoms with Crippen LogP contribution in [0.5, 0.6) is 0 Å². The van der Waals surface area contributed by atoms with Gasteiger partial charge in [0.2, 0.25) is 0 Å². The molecule has 0 radical (unpaired) electrons. The Morgan fingerprint density at radius 1 is 0.739 bits per heavy atom. The molecule has 0 aliphatic carbocycles. The maximum atomic E-state index is 4.34. The van der Waals surface area contributed by atoms with E-state index in [2.05, 4.69) is 20.1 Å². The molecule has 0 atom stereocenters. The summed E-state index contributed by atoms with van der Waals surface area (Å²) in [6.45, 7) is 0. The lowest BCUT2D eigenvalue weighted by Crippen LogP contribution is -2.07. The van der Waals surface area contributed by atoms with Gasteiger partial charge in [0, 0.05) is 31.5 Å². The van der Waals surface area contributed by atoms with Crippen LogP contribution in [0.2, 0.25) is 0 Å². The van der Waals surface area contributed by atoms with Crippen molar-refractivity contribution in [2.45, 2.75) is 0 Å². The summed E-state index contributed by atoms with van der Waals surface area (Å²) in [5.41, 5.74) is 4.82. The molecule has 23 heavy (non-hydrogen) atoms. The molecule has 0 saturated carbocycles. The molecule has 3 rings (SSSR count). The molecule has 114 valence electrons. The third-order valence-electron chi connectivity index (χ3n) is 3.48. The van der Waals surface area contributed by atoms with E-state index in [1.54, 1.807) is 6.20 Å². The van der Waals surface area contributed by atoms with Gasteiger partial charge in [-0.2, -0.15) is 10.2 Å². The molecule has 0 aliphatic rings. The lowest BCUT2D eigenvalue weighted by molar-refractivity contribution is 1.13. The molecule has 0 spiro atoms. The summed E-state index contributed by atoms with van der Waals surface area (Å²) in [4.78, 5) is 6.39. The fraction of sp³-hybridized carbons (Fsp3) is 0.105. The van der Waals surface area contributed by atoms with Crippen molar-refractivity contribution in [3.63, 3.8) is 0 Å². The van der Waals surface area contributed by atoms with Crippen LogP contribution in [-0.2, 0) is 0 Å². The predicted octanol–water partition coefficient (Wildman–Crippen LogP) is 5.23. The summed E-state index contributed by atoms with van der Waals surface area (Å²) in [6.07, 6.45) is 1.79. The summed E-state index contributed by atoms with van der Waals surface area (Å²) in [5.74, 6) is 0. The summed E-state index contributed by atoms with van der Waals surface area (Å²) >= 11 is 0. The van der Waals surface area contributed by atoms with E-state index in [0.717, 1.165) is 28.3 Å². The maximum absolute atomic E-state index is 4.34. The third-order valence-corrected chi connectivity index (χ3v) is 3.48. The van der Waals surface area contributed by atoms with E-state index >= 15 is 0 Å². The Morgan fingerprint density at radius 2 is 1.35 bits per heavy atom. The first-order valence-electron chi connectivity index (χ1n) is 7.43. The zero-order chi connectivity index (χ0) is 16.1. The Morgan fingerprint density at radius 3 is 1.87 bits per heavy atom. The van der Waals surface area contributed by atoms with Gasteiger partial charge in [-0.05, 0) is 48.5 Å². The number of anilines is 1. The highest BCUT2D eigenvalue weighted by molar-refractivity contribution is 5.61. The summed E-state index contributed by atoms with van der Waals surface area (Å²) in [7, 11) is 4.03. The van der Waals surface area contributed by atoms with Gasteiger partial charge in [-0.1, -0.05) is 18.2 Å². The number of benzene rings is 2. The number of hydrogen-bond acceptors (Lipinski definition) is 4. The van der Waals surface area contributed by atoms with Crippen LogP contribution in [0.4, 0.5) is 17.1 Å². The molecule has 1 aromatic heterocycles. The first kappa shape index (κ1) is 14.9. The van der Waals surface area contributed by atoms with E-state index in [1.807, 2.05) is 80.8 Å². The predicted molar refractivity (Wildman–Crippen MR) is 94.6 cm³/mol. The third kappa shape index (κ3) is 3.80. The van der Waals surface area contributed by atoms with Crippen LogP contribution in [0.3, 0.4) is 0 Å². The number of azo groups is 1. The van der Waals surface area contributed by atoms with E-state index in [1.165, 1.54) is 0 Å². The molecule has 3 aromatic rings. The fourth-order valence-electron chi connectivity index (χ4n) is 2.17. The van der Waals surface area contributed by atoms with Crippen molar-refractivity contribution in [3.05, 3.63) is 72.9 Å². The molecule has 0 unspecified atom stereocenters. The molecule has 4 nitrogen and oxygen atoms in total. The van der Waals surface area contributed by atoms with Gasteiger partial charge in [-0.3, -0.25) is 4.98 Å². The van der Waals surface area contributed by atoms with Gasteiger partial charge in [-0.25, -0.2) is 0 Å². The normalized spacial score (nSPS) is 10.9. The van der Waals surface area contributed by atoms with Crippen LogP contribution in [0.15, 0.2) is 83.2 Å². The second-order valence-electron chi connectivity index (χ2n) is 5.37. The number of rotatable bonds is 4. The van der Waals surface area contributed by atoms with E-state index in [4.69, 9.17) is 0 Å². The van der Waals surface area contributed by atoms with Crippen LogP contribution < -0.4 is 4.90 Å². The molecule has 0 saturated heterocycles. The van der Waals surface area contributed by atoms with Crippen LogP contribution in [0.25, 0.3) is 11.3 Å². The summed E-state index contributed by atoms with van der Waals surface area (Å²) in [5, 5.41) is 8.55. The molecule has 4 heteroatoms. The van der Waals surface area contributed by atoms with E-state index in [-0.39, 0.29) is 0 Å². The topological polar surface area (TPSA) is 40.9 Å². The molecule has 0 aliphatic heterocycles. The number of aromatic nitrogens is 1. The summed E-state index contributed by atoms with van der Waals surface area (Å²) in [6, 6.07) is 21.8. The van der Waals surface area contributed by atoms with Crippen molar-refractivity contribution < 1.29 is 0 Å². The van der Waals surface area contributed by atoms with Gasteiger partial charge >= 0.3 is 0 Å². The molecule has 0 N–H and O–H groups in total. The first-order chi connectivity index (χ1) is 11.2. The smallest absolute Gasteiger partial charge is 0.0858 e. The minimum absolute atomic E-state index is 0.821. The van der Waals surface area contributed by atoms with Crippen molar-refractivity contribution in [2.75, 3.05) is 19.0 Å². The molecular weight excluding hydrogens is 284 g/mol. The monoisotopic (exact) mass is 302 g/mol. The van der Waals surface area contributed by atoms with E-state index in [0.29, 0.717) is 0 Å². The standard InChI is InChI=1S/C19H18N4/c1-23(2)18-12-10-17(11-13-18)22-21-16-8-6-15(7-9-16)19-5-3-4-14-20-19/h3-14H,1-2H3. The SMILES string of the molecule is CN(C)c1ccc(N=Nc2ccc(-c3ccccn3)cc2)cc1. The van der Waals surface area contributed by atoms with Gasteiger partial charge in [-0.15, -0.1) is 0 Å². The van der Waals surface area contributed by atoms with Crippen LogP contribution in [-0.4, -0.2) is 19.1 Å². The molecule has 0 amide bonds. The van der Waals surface area contributed by atoms with Gasteiger partial charge in [0.15, 0.2) is 0 Å². The van der Waals surface area contributed by atoms with Crippen molar-refractivity contribution in [1.82, 2.24) is 4.98 Å². The minimum atomic E-state index is 0.821. The Hall–Kier alpha value is -3.01. The van der Waals surface area contributed by atoms with Gasteiger partial charge in [0.1, 0.15) is 0 Å². The van der Waals surface area contributed by atoms with E-state index in [9.17, 15) is 0 Å². The highest BCUT2D eigenvalue weighted by atomic mass is 15.1. The zero-order valence-electron chi connectivity index (χ0n) is 13.2. The highest BCUT2D eigenvalue weighted by Gasteiger charge is 1.98. The van der Waals surface area contributed by atoms with Crippen LogP contribution in [0.1, 0.15) is 0 Å². The Balaban J connectivity index is 1.73. The molecule has 1 heterocycles. The second-order valence-corrected chi connectivity index (χ2v) is 5.37.